The number of para-hydroxylation sites is 1. The average Bonchev–Trinajstić information content (AvgIpc) is 3.09. The number of methoxy groups -OCH3 is 2. The van der Waals surface area contributed by atoms with Crippen molar-refractivity contribution in [2.24, 2.45) is 0 Å². The van der Waals surface area contributed by atoms with Gasteiger partial charge in [-0.2, -0.15) is 0 Å². The summed E-state index contributed by atoms with van der Waals surface area (Å²) in [5, 5.41) is 8.43. The van der Waals surface area contributed by atoms with Crippen molar-refractivity contribution in [2.45, 2.75) is 12.8 Å². The third-order valence-electron chi connectivity index (χ3n) is 3.70. The number of hydrogen-bond donors (Lipinski definition) is 0. The third-order valence-corrected chi connectivity index (χ3v) is 3.70. The zero-order chi connectivity index (χ0) is 16.1. The van der Waals surface area contributed by atoms with Gasteiger partial charge in [0.2, 0.25) is 0 Å². The summed E-state index contributed by atoms with van der Waals surface area (Å²) in [7, 11) is 3.34. The maximum Gasteiger partial charge on any atom is 0.122 e. The molecular formula is C18H19N3O2. The topological polar surface area (TPSA) is 49.2 Å². The van der Waals surface area contributed by atoms with Crippen LogP contribution in [-0.2, 0) is 12.8 Å². The Balaban J connectivity index is 1.73. The summed E-state index contributed by atoms with van der Waals surface area (Å²) in [6.45, 7) is 0. The molecule has 118 valence electrons. The standard InChI is InChI=1S/C18H19N3O2/c1-22-17-10-11-18(23-2)14(12-17)8-9-15-13-21(20-19-15)16-6-4-3-5-7-16/h3-7,10-13H,8-9H2,1-2H3. The Bertz CT molecular complexity index is 769. The molecule has 0 atom stereocenters. The van der Waals surface area contributed by atoms with Gasteiger partial charge in [-0.1, -0.05) is 23.4 Å². The van der Waals surface area contributed by atoms with Crippen LogP contribution in [0.15, 0.2) is 54.7 Å². The molecule has 2 aromatic carbocycles. The fourth-order valence-corrected chi connectivity index (χ4v) is 2.46. The Morgan fingerprint density at radius 1 is 0.957 bits per heavy atom. The van der Waals surface area contributed by atoms with Crippen LogP contribution in [0.1, 0.15) is 11.3 Å². The van der Waals surface area contributed by atoms with E-state index in [9.17, 15) is 0 Å². The van der Waals surface area contributed by atoms with Crippen molar-refractivity contribution >= 4 is 0 Å². The lowest BCUT2D eigenvalue weighted by Gasteiger charge is -2.09. The highest BCUT2D eigenvalue weighted by molar-refractivity contribution is 5.40. The van der Waals surface area contributed by atoms with Crippen LogP contribution in [0, 0.1) is 0 Å². The molecule has 3 rings (SSSR count). The molecule has 0 saturated carbocycles. The van der Waals surface area contributed by atoms with Gasteiger partial charge < -0.3 is 9.47 Å². The lowest BCUT2D eigenvalue weighted by Crippen LogP contribution is -1.97. The van der Waals surface area contributed by atoms with Crippen LogP contribution in [0.3, 0.4) is 0 Å². The fourth-order valence-electron chi connectivity index (χ4n) is 2.46. The summed E-state index contributed by atoms with van der Waals surface area (Å²) in [5.74, 6) is 1.69. The van der Waals surface area contributed by atoms with Crippen molar-refractivity contribution in [3.05, 3.63) is 66.0 Å². The van der Waals surface area contributed by atoms with E-state index >= 15 is 0 Å². The minimum atomic E-state index is 0.788. The Labute approximate surface area is 135 Å². The molecule has 0 bridgehead atoms. The van der Waals surface area contributed by atoms with E-state index in [1.165, 1.54) is 0 Å². The Morgan fingerprint density at radius 3 is 2.52 bits per heavy atom. The molecule has 0 radical (unpaired) electrons. The quantitative estimate of drug-likeness (QED) is 0.702. The van der Waals surface area contributed by atoms with Crippen LogP contribution in [-0.4, -0.2) is 29.2 Å². The Hall–Kier alpha value is -2.82. The van der Waals surface area contributed by atoms with Crippen molar-refractivity contribution in [3.8, 4) is 17.2 Å². The van der Waals surface area contributed by atoms with Crippen LogP contribution >= 0.6 is 0 Å². The normalized spacial score (nSPS) is 10.5. The van der Waals surface area contributed by atoms with Gasteiger partial charge >= 0.3 is 0 Å². The highest BCUT2D eigenvalue weighted by Crippen LogP contribution is 2.25. The van der Waals surface area contributed by atoms with Gasteiger partial charge in [-0.05, 0) is 48.7 Å². The van der Waals surface area contributed by atoms with Gasteiger partial charge in [-0.15, -0.1) is 5.10 Å². The highest BCUT2D eigenvalue weighted by atomic mass is 16.5. The maximum atomic E-state index is 5.41. The van der Waals surface area contributed by atoms with Crippen molar-refractivity contribution in [1.29, 1.82) is 0 Å². The molecule has 0 amide bonds. The smallest absolute Gasteiger partial charge is 0.122 e. The van der Waals surface area contributed by atoms with Gasteiger partial charge in [-0.3, -0.25) is 0 Å². The largest absolute Gasteiger partial charge is 0.497 e. The number of hydrogen-bond acceptors (Lipinski definition) is 4. The van der Waals surface area contributed by atoms with Gasteiger partial charge in [0, 0.05) is 0 Å². The Kier molecular flexibility index (Phi) is 4.57. The van der Waals surface area contributed by atoms with E-state index in [0.717, 1.165) is 41.3 Å². The number of aryl methyl sites for hydroxylation is 2. The zero-order valence-corrected chi connectivity index (χ0v) is 13.3. The van der Waals surface area contributed by atoms with Crippen LogP contribution in [0.25, 0.3) is 5.69 Å². The van der Waals surface area contributed by atoms with Crippen molar-refractivity contribution in [3.63, 3.8) is 0 Å². The summed E-state index contributed by atoms with van der Waals surface area (Å²) in [5.41, 5.74) is 3.05. The molecule has 1 aromatic heterocycles. The van der Waals surface area contributed by atoms with Crippen molar-refractivity contribution in [1.82, 2.24) is 15.0 Å². The van der Waals surface area contributed by atoms with Gasteiger partial charge in [0.1, 0.15) is 11.5 Å². The van der Waals surface area contributed by atoms with E-state index in [-0.39, 0.29) is 0 Å². The van der Waals surface area contributed by atoms with Gasteiger partial charge in [0.25, 0.3) is 0 Å². The van der Waals surface area contributed by atoms with Crippen molar-refractivity contribution in [2.75, 3.05) is 14.2 Å². The molecule has 0 aliphatic carbocycles. The second-order valence-corrected chi connectivity index (χ2v) is 5.17. The second kappa shape index (κ2) is 6.96. The molecule has 0 spiro atoms. The number of aromatic nitrogens is 3. The lowest BCUT2D eigenvalue weighted by atomic mass is 10.1. The number of nitrogens with zero attached hydrogens (tertiary/aromatic N) is 3. The van der Waals surface area contributed by atoms with Gasteiger partial charge in [0.05, 0.1) is 31.8 Å². The lowest BCUT2D eigenvalue weighted by molar-refractivity contribution is 0.398. The SMILES string of the molecule is COc1ccc(OC)c(CCc2cn(-c3ccccc3)nn2)c1. The van der Waals surface area contributed by atoms with Crippen LogP contribution in [0.4, 0.5) is 0 Å². The molecule has 23 heavy (non-hydrogen) atoms. The molecule has 0 aliphatic rings. The molecule has 0 N–H and O–H groups in total. The van der Waals surface area contributed by atoms with Crippen LogP contribution < -0.4 is 9.47 Å². The zero-order valence-electron chi connectivity index (χ0n) is 13.3. The predicted molar refractivity (Wildman–Crippen MR) is 88.3 cm³/mol. The Morgan fingerprint density at radius 2 is 1.78 bits per heavy atom. The number of rotatable bonds is 6. The fraction of sp³-hybridized carbons (Fsp3) is 0.222. The van der Waals surface area contributed by atoms with E-state index < -0.39 is 0 Å². The minimum absolute atomic E-state index is 0.788. The molecule has 0 saturated heterocycles. The predicted octanol–water partition coefficient (Wildman–Crippen LogP) is 3.07. The maximum absolute atomic E-state index is 5.41. The summed E-state index contributed by atoms with van der Waals surface area (Å²) in [6, 6.07) is 15.8. The van der Waals surface area contributed by atoms with E-state index in [1.54, 1.807) is 18.9 Å². The van der Waals surface area contributed by atoms with E-state index in [0.29, 0.717) is 0 Å². The molecule has 5 heteroatoms. The molecule has 0 aliphatic heterocycles. The summed E-state index contributed by atoms with van der Waals surface area (Å²) in [4.78, 5) is 0. The highest BCUT2D eigenvalue weighted by Gasteiger charge is 2.08. The number of benzene rings is 2. The van der Waals surface area contributed by atoms with E-state index in [1.807, 2.05) is 54.7 Å². The van der Waals surface area contributed by atoms with E-state index in [2.05, 4.69) is 10.3 Å². The molecule has 5 nitrogen and oxygen atoms in total. The average molecular weight is 309 g/mol. The van der Waals surface area contributed by atoms with Crippen LogP contribution in [0.2, 0.25) is 0 Å². The molecular weight excluding hydrogens is 290 g/mol. The summed E-state index contributed by atoms with van der Waals surface area (Å²) >= 11 is 0. The first kappa shape index (κ1) is 15.1. The van der Waals surface area contributed by atoms with E-state index in [4.69, 9.17) is 9.47 Å². The first-order chi connectivity index (χ1) is 11.3. The first-order valence-electron chi connectivity index (χ1n) is 7.47. The molecule has 0 fully saturated rings. The molecule has 0 unspecified atom stereocenters. The molecule has 3 aromatic rings. The van der Waals surface area contributed by atoms with Gasteiger partial charge in [0.15, 0.2) is 0 Å². The summed E-state index contributed by atoms with van der Waals surface area (Å²) in [6.07, 6.45) is 3.56. The monoisotopic (exact) mass is 309 g/mol. The van der Waals surface area contributed by atoms with Crippen molar-refractivity contribution < 1.29 is 9.47 Å². The van der Waals surface area contributed by atoms with Crippen LogP contribution in [0.5, 0.6) is 11.5 Å². The minimum Gasteiger partial charge on any atom is -0.497 e. The third kappa shape index (κ3) is 3.51. The summed E-state index contributed by atoms with van der Waals surface area (Å²) < 4.78 is 12.5. The second-order valence-electron chi connectivity index (χ2n) is 5.17. The number of ether oxygens (including phenoxy) is 2. The van der Waals surface area contributed by atoms with Gasteiger partial charge in [-0.25, -0.2) is 4.68 Å². The molecule has 1 heterocycles. The first-order valence-corrected chi connectivity index (χ1v) is 7.47.